The van der Waals surface area contributed by atoms with Crippen LogP contribution in [-0.2, 0) is 0 Å². The van der Waals surface area contributed by atoms with Crippen LogP contribution in [0.2, 0.25) is 0 Å². The highest BCUT2D eigenvalue weighted by Crippen LogP contribution is 2.29. The molecule has 2 heteroatoms. The third kappa shape index (κ3) is 1.54. The Morgan fingerprint density at radius 3 is 2.81 bits per heavy atom. The molecule has 3 rings (SSSR count). The Hall–Kier alpha value is -1.28. The standard InChI is InChI=1S/C14H18N2/c1-10-11-6-2-3-7-12(11)16-14(10)13-8-4-5-9-15-13/h2-3,6-7,13,15-16H,4-5,8-9H2,1H3. The van der Waals surface area contributed by atoms with Crippen molar-refractivity contribution in [2.24, 2.45) is 0 Å². The molecular formula is C14H18N2. The Morgan fingerprint density at radius 1 is 1.19 bits per heavy atom. The molecule has 1 aromatic heterocycles. The van der Waals surface area contributed by atoms with Gasteiger partial charge in [-0.15, -0.1) is 0 Å². The van der Waals surface area contributed by atoms with E-state index in [4.69, 9.17) is 0 Å². The molecule has 1 aliphatic heterocycles. The minimum Gasteiger partial charge on any atom is -0.357 e. The molecule has 1 atom stereocenters. The Morgan fingerprint density at radius 2 is 2.06 bits per heavy atom. The largest absolute Gasteiger partial charge is 0.357 e. The van der Waals surface area contributed by atoms with Crippen molar-refractivity contribution < 1.29 is 0 Å². The second-order valence-electron chi connectivity index (χ2n) is 4.71. The lowest BCUT2D eigenvalue weighted by molar-refractivity contribution is 0.405. The fourth-order valence-electron chi connectivity index (χ4n) is 2.75. The van der Waals surface area contributed by atoms with E-state index in [1.54, 1.807) is 0 Å². The number of aryl methyl sites for hydroxylation is 1. The molecule has 16 heavy (non-hydrogen) atoms. The third-order valence-corrected chi connectivity index (χ3v) is 3.66. The highest BCUT2D eigenvalue weighted by molar-refractivity contribution is 5.84. The zero-order chi connectivity index (χ0) is 11.0. The molecule has 1 fully saturated rings. The monoisotopic (exact) mass is 214 g/mol. The average Bonchev–Trinajstić information content (AvgIpc) is 2.69. The molecule has 2 nitrogen and oxygen atoms in total. The van der Waals surface area contributed by atoms with Gasteiger partial charge in [-0.1, -0.05) is 24.6 Å². The zero-order valence-electron chi connectivity index (χ0n) is 9.72. The molecule has 1 unspecified atom stereocenters. The lowest BCUT2D eigenvalue weighted by atomic mass is 9.99. The van der Waals surface area contributed by atoms with Crippen LogP contribution in [0.5, 0.6) is 0 Å². The number of rotatable bonds is 1. The molecule has 0 aliphatic carbocycles. The Labute approximate surface area is 96.1 Å². The highest BCUT2D eigenvalue weighted by Gasteiger charge is 2.19. The summed E-state index contributed by atoms with van der Waals surface area (Å²) in [7, 11) is 0. The van der Waals surface area contributed by atoms with Crippen LogP contribution in [0.15, 0.2) is 24.3 Å². The molecule has 1 saturated heterocycles. The molecule has 2 N–H and O–H groups in total. The molecule has 0 saturated carbocycles. The van der Waals surface area contributed by atoms with Gasteiger partial charge in [-0.25, -0.2) is 0 Å². The van der Waals surface area contributed by atoms with Gasteiger partial charge >= 0.3 is 0 Å². The molecule has 1 aromatic carbocycles. The van der Waals surface area contributed by atoms with E-state index in [9.17, 15) is 0 Å². The second-order valence-corrected chi connectivity index (χ2v) is 4.71. The van der Waals surface area contributed by atoms with Crippen LogP contribution in [-0.4, -0.2) is 11.5 Å². The van der Waals surface area contributed by atoms with Gasteiger partial charge < -0.3 is 10.3 Å². The van der Waals surface area contributed by atoms with E-state index in [0.29, 0.717) is 6.04 Å². The van der Waals surface area contributed by atoms with Gasteiger partial charge in [0.1, 0.15) is 0 Å². The van der Waals surface area contributed by atoms with Crippen LogP contribution in [0.25, 0.3) is 10.9 Å². The predicted molar refractivity (Wildman–Crippen MR) is 67.6 cm³/mol. The molecule has 1 aliphatic rings. The fraction of sp³-hybridized carbons (Fsp3) is 0.429. The second kappa shape index (κ2) is 3.95. The molecule has 0 amide bonds. The summed E-state index contributed by atoms with van der Waals surface area (Å²) < 4.78 is 0. The highest BCUT2D eigenvalue weighted by atomic mass is 15.0. The van der Waals surface area contributed by atoms with E-state index in [2.05, 4.69) is 41.5 Å². The van der Waals surface area contributed by atoms with Crippen LogP contribution in [0.1, 0.15) is 36.6 Å². The van der Waals surface area contributed by atoms with Crippen molar-refractivity contribution in [3.8, 4) is 0 Å². The van der Waals surface area contributed by atoms with E-state index in [1.807, 2.05) is 0 Å². The van der Waals surface area contributed by atoms with Gasteiger partial charge in [0.25, 0.3) is 0 Å². The minimum absolute atomic E-state index is 0.529. The summed E-state index contributed by atoms with van der Waals surface area (Å²) in [4.78, 5) is 3.57. The number of benzene rings is 1. The molecule has 2 aromatic rings. The van der Waals surface area contributed by atoms with Crippen molar-refractivity contribution in [1.82, 2.24) is 10.3 Å². The first-order valence-electron chi connectivity index (χ1n) is 6.17. The number of H-pyrrole nitrogens is 1. The van der Waals surface area contributed by atoms with E-state index in [1.165, 1.54) is 41.4 Å². The summed E-state index contributed by atoms with van der Waals surface area (Å²) in [5.74, 6) is 0. The maximum absolute atomic E-state index is 3.61. The SMILES string of the molecule is Cc1c(C2CCCCN2)[nH]c2ccccc12. The van der Waals surface area contributed by atoms with Gasteiger partial charge in [-0.3, -0.25) is 0 Å². The Kier molecular flexibility index (Phi) is 2.44. The molecule has 0 bridgehead atoms. The summed E-state index contributed by atoms with van der Waals surface area (Å²) in [6.45, 7) is 3.38. The number of piperidine rings is 1. The normalized spacial score (nSPS) is 21.4. The topological polar surface area (TPSA) is 27.8 Å². The minimum atomic E-state index is 0.529. The predicted octanol–water partition coefficient (Wildman–Crippen LogP) is 3.29. The average molecular weight is 214 g/mol. The third-order valence-electron chi connectivity index (χ3n) is 3.66. The van der Waals surface area contributed by atoms with Crippen LogP contribution in [0, 0.1) is 6.92 Å². The number of para-hydroxylation sites is 1. The molecule has 0 radical (unpaired) electrons. The van der Waals surface area contributed by atoms with Crippen molar-refractivity contribution >= 4 is 10.9 Å². The maximum Gasteiger partial charge on any atom is 0.0475 e. The lowest BCUT2D eigenvalue weighted by Gasteiger charge is -2.23. The number of nitrogens with one attached hydrogen (secondary N) is 2. The Balaban J connectivity index is 2.05. The number of aromatic amines is 1. The van der Waals surface area contributed by atoms with Crippen molar-refractivity contribution in [2.45, 2.75) is 32.2 Å². The quantitative estimate of drug-likeness (QED) is 0.749. The zero-order valence-corrected chi connectivity index (χ0v) is 9.72. The van der Waals surface area contributed by atoms with Crippen LogP contribution in [0.4, 0.5) is 0 Å². The van der Waals surface area contributed by atoms with E-state index >= 15 is 0 Å². The summed E-state index contributed by atoms with van der Waals surface area (Å²) >= 11 is 0. The van der Waals surface area contributed by atoms with Crippen molar-refractivity contribution in [3.63, 3.8) is 0 Å². The fourth-order valence-corrected chi connectivity index (χ4v) is 2.75. The van der Waals surface area contributed by atoms with Crippen LogP contribution >= 0.6 is 0 Å². The molecule has 0 spiro atoms. The number of aromatic nitrogens is 1. The van der Waals surface area contributed by atoms with Gasteiger partial charge in [0.05, 0.1) is 0 Å². The lowest BCUT2D eigenvalue weighted by Crippen LogP contribution is -2.27. The molecule has 2 heterocycles. The van der Waals surface area contributed by atoms with Crippen molar-refractivity contribution in [2.75, 3.05) is 6.54 Å². The first-order valence-corrected chi connectivity index (χ1v) is 6.17. The summed E-state index contributed by atoms with van der Waals surface area (Å²) in [5.41, 5.74) is 4.07. The van der Waals surface area contributed by atoms with Gasteiger partial charge in [0.15, 0.2) is 0 Å². The van der Waals surface area contributed by atoms with Crippen LogP contribution in [0.3, 0.4) is 0 Å². The van der Waals surface area contributed by atoms with E-state index in [-0.39, 0.29) is 0 Å². The maximum atomic E-state index is 3.61. The first kappa shape index (κ1) is 9.91. The summed E-state index contributed by atoms with van der Waals surface area (Å²) in [6, 6.07) is 9.10. The molecule has 84 valence electrons. The Bertz CT molecular complexity index is 492. The summed E-state index contributed by atoms with van der Waals surface area (Å²) in [5, 5.41) is 4.97. The van der Waals surface area contributed by atoms with Gasteiger partial charge in [0, 0.05) is 22.6 Å². The van der Waals surface area contributed by atoms with Gasteiger partial charge in [-0.05, 0) is 37.9 Å². The van der Waals surface area contributed by atoms with Crippen LogP contribution < -0.4 is 5.32 Å². The smallest absolute Gasteiger partial charge is 0.0475 e. The number of hydrogen-bond acceptors (Lipinski definition) is 1. The van der Waals surface area contributed by atoms with Crippen molar-refractivity contribution in [1.29, 1.82) is 0 Å². The number of fused-ring (bicyclic) bond motifs is 1. The summed E-state index contributed by atoms with van der Waals surface area (Å²) in [6.07, 6.45) is 3.91. The molecular weight excluding hydrogens is 196 g/mol. The van der Waals surface area contributed by atoms with E-state index < -0.39 is 0 Å². The van der Waals surface area contributed by atoms with E-state index in [0.717, 1.165) is 6.54 Å². The van der Waals surface area contributed by atoms with Gasteiger partial charge in [-0.2, -0.15) is 0 Å². The first-order chi connectivity index (χ1) is 7.86. The number of hydrogen-bond donors (Lipinski definition) is 2. The van der Waals surface area contributed by atoms with Gasteiger partial charge in [0.2, 0.25) is 0 Å². The van der Waals surface area contributed by atoms with Crippen molar-refractivity contribution in [3.05, 3.63) is 35.5 Å².